The van der Waals surface area contributed by atoms with Crippen LogP contribution >= 0.6 is 0 Å². The zero-order valence-corrected chi connectivity index (χ0v) is 14.2. The molecule has 0 aromatic heterocycles. The molecule has 1 fully saturated rings. The third kappa shape index (κ3) is 4.71. The van der Waals surface area contributed by atoms with Crippen LogP contribution in [0.1, 0.15) is 40.0 Å². The van der Waals surface area contributed by atoms with Crippen LogP contribution in [0.15, 0.2) is 24.3 Å². The van der Waals surface area contributed by atoms with Gasteiger partial charge < -0.3 is 15.0 Å². The minimum atomic E-state index is -0.258. The number of rotatable bonds is 7. The summed E-state index contributed by atoms with van der Waals surface area (Å²) in [4.78, 5) is 26.0. The maximum absolute atomic E-state index is 12.2. The Bertz CT molecular complexity index is 540. The lowest BCUT2D eigenvalue weighted by Gasteiger charge is -2.18. The van der Waals surface area contributed by atoms with Crippen molar-refractivity contribution in [2.45, 2.75) is 46.1 Å². The summed E-state index contributed by atoms with van der Waals surface area (Å²) in [7, 11) is 0. The fraction of sp³-hybridized carbons (Fsp3) is 0.556. The molecule has 2 amide bonds. The molecule has 1 aromatic rings. The van der Waals surface area contributed by atoms with Gasteiger partial charge in [-0.15, -0.1) is 0 Å². The van der Waals surface area contributed by atoms with Crippen LogP contribution in [0.4, 0.5) is 5.69 Å². The Morgan fingerprint density at radius 1 is 1.35 bits per heavy atom. The van der Waals surface area contributed by atoms with Crippen molar-refractivity contribution in [2.75, 3.05) is 18.0 Å². The van der Waals surface area contributed by atoms with Gasteiger partial charge in [0.1, 0.15) is 5.75 Å². The second kappa shape index (κ2) is 7.99. The lowest BCUT2D eigenvalue weighted by Crippen LogP contribution is -2.33. The molecule has 1 saturated heterocycles. The summed E-state index contributed by atoms with van der Waals surface area (Å²) in [6, 6.07) is 7.45. The number of ether oxygens (including phenoxy) is 1. The Balaban J connectivity index is 1.95. The Morgan fingerprint density at radius 2 is 2.04 bits per heavy atom. The fourth-order valence-corrected chi connectivity index (χ4v) is 2.64. The molecule has 23 heavy (non-hydrogen) atoms. The van der Waals surface area contributed by atoms with Gasteiger partial charge in [-0.25, -0.2) is 0 Å². The average molecular weight is 318 g/mol. The van der Waals surface area contributed by atoms with Gasteiger partial charge in [-0.2, -0.15) is 0 Å². The second-order valence-corrected chi connectivity index (χ2v) is 6.21. The Kier molecular flexibility index (Phi) is 6.02. The molecule has 0 bridgehead atoms. The zero-order chi connectivity index (χ0) is 16.8. The molecule has 1 aromatic carbocycles. The highest BCUT2D eigenvalue weighted by Crippen LogP contribution is 2.27. The highest BCUT2D eigenvalue weighted by atomic mass is 16.5. The topological polar surface area (TPSA) is 58.6 Å². The number of hydrogen-bond acceptors (Lipinski definition) is 3. The van der Waals surface area contributed by atoms with E-state index in [1.807, 2.05) is 38.1 Å². The van der Waals surface area contributed by atoms with Gasteiger partial charge >= 0.3 is 0 Å². The number of nitrogens with zero attached hydrogens (tertiary/aromatic N) is 1. The minimum absolute atomic E-state index is 0.00169. The van der Waals surface area contributed by atoms with E-state index in [1.165, 1.54) is 0 Å². The molecule has 1 N–H and O–H groups in total. The van der Waals surface area contributed by atoms with Crippen molar-refractivity contribution >= 4 is 17.5 Å². The normalized spacial score (nSPS) is 17.7. The summed E-state index contributed by atoms with van der Waals surface area (Å²) in [6.07, 6.45) is 2.40. The van der Waals surface area contributed by atoms with Crippen molar-refractivity contribution in [3.8, 4) is 5.75 Å². The van der Waals surface area contributed by atoms with Crippen LogP contribution in [0.5, 0.6) is 5.75 Å². The lowest BCUT2D eigenvalue weighted by atomic mass is 10.1. The zero-order valence-electron chi connectivity index (χ0n) is 14.2. The molecule has 0 aliphatic carbocycles. The first-order valence-electron chi connectivity index (χ1n) is 8.36. The number of amides is 2. The summed E-state index contributed by atoms with van der Waals surface area (Å²) in [5, 5.41) is 2.91. The van der Waals surface area contributed by atoms with Crippen LogP contribution in [-0.2, 0) is 9.59 Å². The van der Waals surface area contributed by atoms with E-state index in [9.17, 15) is 9.59 Å². The van der Waals surface area contributed by atoms with Gasteiger partial charge in [0, 0.05) is 25.2 Å². The first-order chi connectivity index (χ1) is 11.0. The van der Waals surface area contributed by atoms with E-state index < -0.39 is 0 Å². The van der Waals surface area contributed by atoms with E-state index in [0.717, 1.165) is 24.3 Å². The molecule has 1 atom stereocenters. The number of anilines is 1. The van der Waals surface area contributed by atoms with E-state index in [4.69, 9.17) is 4.74 Å². The molecule has 0 saturated carbocycles. The molecular formula is C18H26N2O3. The van der Waals surface area contributed by atoms with Gasteiger partial charge in [0.2, 0.25) is 11.8 Å². The number of carbonyl (C=O) groups excluding carboxylic acids is 2. The van der Waals surface area contributed by atoms with Crippen LogP contribution in [0.25, 0.3) is 0 Å². The SMILES string of the molecule is CCCCNC(=O)C1CC(=O)N(c2ccc(OC(C)C)cc2)C1. The molecule has 0 radical (unpaired) electrons. The number of nitrogens with one attached hydrogen (secondary N) is 1. The van der Waals surface area contributed by atoms with E-state index >= 15 is 0 Å². The molecule has 2 rings (SSSR count). The molecule has 126 valence electrons. The van der Waals surface area contributed by atoms with Crippen molar-refractivity contribution in [1.82, 2.24) is 5.32 Å². The largest absolute Gasteiger partial charge is 0.491 e. The second-order valence-electron chi connectivity index (χ2n) is 6.21. The number of hydrogen-bond donors (Lipinski definition) is 1. The molecular weight excluding hydrogens is 292 g/mol. The number of benzene rings is 1. The Labute approximate surface area is 138 Å². The van der Waals surface area contributed by atoms with Gasteiger partial charge in [0.15, 0.2) is 0 Å². The first kappa shape index (κ1) is 17.3. The minimum Gasteiger partial charge on any atom is -0.491 e. The van der Waals surface area contributed by atoms with Crippen LogP contribution in [0.3, 0.4) is 0 Å². The van der Waals surface area contributed by atoms with Crippen LogP contribution in [0, 0.1) is 5.92 Å². The van der Waals surface area contributed by atoms with E-state index in [-0.39, 0.29) is 30.3 Å². The molecule has 1 aliphatic heterocycles. The predicted octanol–water partition coefficient (Wildman–Crippen LogP) is 2.74. The fourth-order valence-electron chi connectivity index (χ4n) is 2.64. The molecule has 1 unspecified atom stereocenters. The highest BCUT2D eigenvalue weighted by molar-refractivity contribution is 6.00. The maximum atomic E-state index is 12.2. The van der Waals surface area contributed by atoms with E-state index in [1.54, 1.807) is 4.90 Å². The average Bonchev–Trinajstić information content (AvgIpc) is 2.90. The Morgan fingerprint density at radius 3 is 2.65 bits per heavy atom. The van der Waals surface area contributed by atoms with Gasteiger partial charge in [-0.05, 0) is 44.5 Å². The highest BCUT2D eigenvalue weighted by Gasteiger charge is 2.34. The van der Waals surface area contributed by atoms with Gasteiger partial charge in [0.25, 0.3) is 0 Å². The summed E-state index contributed by atoms with van der Waals surface area (Å²) in [6.45, 7) is 7.15. The monoisotopic (exact) mass is 318 g/mol. The Hall–Kier alpha value is -2.04. The van der Waals surface area contributed by atoms with Gasteiger partial charge in [-0.3, -0.25) is 9.59 Å². The van der Waals surface area contributed by atoms with Gasteiger partial charge in [-0.1, -0.05) is 13.3 Å². The van der Waals surface area contributed by atoms with Crippen molar-refractivity contribution < 1.29 is 14.3 Å². The van der Waals surface area contributed by atoms with Crippen LogP contribution in [0.2, 0.25) is 0 Å². The summed E-state index contributed by atoms with van der Waals surface area (Å²) in [5.41, 5.74) is 0.815. The number of carbonyl (C=O) groups is 2. The standard InChI is InChI=1S/C18H26N2O3/c1-4-5-10-19-18(22)14-11-17(21)20(12-14)15-6-8-16(9-7-15)23-13(2)3/h6-9,13-14H,4-5,10-12H2,1-3H3,(H,19,22). The molecule has 5 heteroatoms. The third-order valence-corrected chi connectivity index (χ3v) is 3.85. The number of unbranched alkanes of at least 4 members (excludes halogenated alkanes) is 1. The van der Waals surface area contributed by atoms with Crippen LogP contribution in [-0.4, -0.2) is 31.0 Å². The molecule has 1 aliphatic rings. The predicted molar refractivity (Wildman–Crippen MR) is 90.6 cm³/mol. The summed E-state index contributed by atoms with van der Waals surface area (Å²) >= 11 is 0. The van der Waals surface area contributed by atoms with E-state index in [2.05, 4.69) is 12.2 Å². The molecule has 1 heterocycles. The van der Waals surface area contributed by atoms with Gasteiger partial charge in [0.05, 0.1) is 12.0 Å². The van der Waals surface area contributed by atoms with Crippen LogP contribution < -0.4 is 15.0 Å². The summed E-state index contributed by atoms with van der Waals surface area (Å²) < 4.78 is 5.61. The summed E-state index contributed by atoms with van der Waals surface area (Å²) in [5.74, 6) is 0.502. The lowest BCUT2D eigenvalue weighted by molar-refractivity contribution is -0.126. The molecule has 5 nitrogen and oxygen atoms in total. The third-order valence-electron chi connectivity index (χ3n) is 3.85. The first-order valence-corrected chi connectivity index (χ1v) is 8.36. The quantitative estimate of drug-likeness (QED) is 0.787. The van der Waals surface area contributed by atoms with E-state index in [0.29, 0.717) is 13.1 Å². The smallest absolute Gasteiger partial charge is 0.227 e. The van der Waals surface area contributed by atoms with Crippen molar-refractivity contribution in [2.24, 2.45) is 5.92 Å². The molecule has 0 spiro atoms. The van der Waals surface area contributed by atoms with Crippen molar-refractivity contribution in [3.05, 3.63) is 24.3 Å². The maximum Gasteiger partial charge on any atom is 0.227 e. The van der Waals surface area contributed by atoms with Crippen molar-refractivity contribution in [3.63, 3.8) is 0 Å². The van der Waals surface area contributed by atoms with Crippen molar-refractivity contribution in [1.29, 1.82) is 0 Å².